The van der Waals surface area contributed by atoms with Crippen LogP contribution in [-0.2, 0) is 11.5 Å². The minimum atomic E-state index is -4.28. The van der Waals surface area contributed by atoms with Crippen molar-refractivity contribution >= 4 is 6.34 Å². The monoisotopic (exact) mass is 559 g/mol. The van der Waals surface area contributed by atoms with Gasteiger partial charge in [0.25, 0.3) is 0 Å². The summed E-state index contributed by atoms with van der Waals surface area (Å²) in [5.41, 5.74) is 1.35. The van der Waals surface area contributed by atoms with Crippen LogP contribution in [0.25, 0.3) is 0 Å². The number of aliphatic hydroxyl groups is 1. The Morgan fingerprint density at radius 2 is 1.72 bits per heavy atom. The van der Waals surface area contributed by atoms with Gasteiger partial charge in [-0.25, -0.2) is 13.2 Å². The van der Waals surface area contributed by atoms with Crippen molar-refractivity contribution in [1.29, 1.82) is 5.53 Å². The van der Waals surface area contributed by atoms with Crippen LogP contribution in [0.15, 0.2) is 71.1 Å². The summed E-state index contributed by atoms with van der Waals surface area (Å²) in [5, 5.41) is 18.9. The van der Waals surface area contributed by atoms with Crippen LogP contribution in [-0.4, -0.2) is 36.2 Å². The van der Waals surface area contributed by atoms with Crippen LogP contribution in [0, 0.1) is 17.2 Å². The van der Waals surface area contributed by atoms with Crippen LogP contribution in [0.5, 0.6) is 11.5 Å². The van der Waals surface area contributed by atoms with Crippen molar-refractivity contribution in [2.45, 2.75) is 24.3 Å². The molecule has 15 heteroatoms. The molecule has 3 N–H and O–H groups in total. The van der Waals surface area contributed by atoms with Gasteiger partial charge in [0, 0.05) is 11.6 Å². The number of nitrogens with zero attached hydrogens (tertiary/aromatic N) is 3. The number of hydrogen-bond acceptors (Lipinski definition) is 6. The molecule has 39 heavy (non-hydrogen) atoms. The molecule has 2 aromatic carbocycles. The lowest BCUT2D eigenvalue weighted by Gasteiger charge is -2.36. The van der Waals surface area contributed by atoms with E-state index in [0.29, 0.717) is 24.5 Å². The fourth-order valence-corrected chi connectivity index (χ4v) is 3.45. The van der Waals surface area contributed by atoms with Gasteiger partial charge in [0.1, 0.15) is 41.8 Å². The number of pyridine rings is 1. The second-order valence-electron chi connectivity index (χ2n) is 7.89. The maximum atomic E-state index is 15.6. The van der Waals surface area contributed by atoms with Gasteiger partial charge in [-0.15, -0.1) is 5.10 Å². The zero-order valence-electron chi connectivity index (χ0n) is 19.7. The van der Waals surface area contributed by atoms with E-state index >= 15 is 8.78 Å². The van der Waals surface area contributed by atoms with E-state index in [1.165, 1.54) is 12.1 Å². The Kier molecular flexibility index (Phi) is 9.40. The highest BCUT2D eigenvalue weighted by molar-refractivity contribution is 5.54. The molecule has 0 aliphatic rings. The molecule has 0 saturated heterocycles. The molecule has 0 amide bonds. The van der Waals surface area contributed by atoms with Crippen LogP contribution in [0.1, 0.15) is 23.0 Å². The summed E-state index contributed by atoms with van der Waals surface area (Å²) in [4.78, 5) is 3.57. The molecule has 2 unspecified atom stereocenters. The van der Waals surface area contributed by atoms with Crippen molar-refractivity contribution in [3.63, 3.8) is 0 Å². The Labute approximate surface area is 216 Å². The van der Waals surface area contributed by atoms with Crippen LogP contribution >= 0.6 is 0 Å². The molecule has 1 heterocycles. The van der Waals surface area contributed by atoms with Gasteiger partial charge in [-0.05, 0) is 42.0 Å². The number of hydrogen-bond donors (Lipinski definition) is 3. The number of aromatic nitrogens is 1. The van der Waals surface area contributed by atoms with Crippen molar-refractivity contribution < 1.29 is 45.3 Å². The standard InChI is InChI=1S/C24H20F7N5O3/c25-15-3-7-18(19(26)9-15)23(37,12-33-13-35-36-32)24(30,31)21-8-6-17(10-34-21)38-11-20(27)14-1-4-16(5-2-14)39-22(28)29/h1-10,13,20,22,37H,11-12H2,(H2,32,33,35). The molecule has 1 aromatic heterocycles. The van der Waals surface area contributed by atoms with Crippen LogP contribution in [0.2, 0.25) is 0 Å². The molecule has 0 aliphatic carbocycles. The molecule has 0 aliphatic heterocycles. The van der Waals surface area contributed by atoms with Crippen molar-refractivity contribution in [2.75, 3.05) is 13.2 Å². The molecule has 0 saturated carbocycles. The Bertz CT molecular complexity index is 1280. The van der Waals surface area contributed by atoms with Crippen molar-refractivity contribution in [3.8, 4) is 11.5 Å². The molecule has 3 rings (SSSR count). The molecule has 2 atom stereocenters. The van der Waals surface area contributed by atoms with Gasteiger partial charge in [0.05, 0.1) is 12.7 Å². The van der Waals surface area contributed by atoms with Crippen molar-refractivity contribution in [2.24, 2.45) is 10.3 Å². The number of rotatable bonds is 13. The molecular formula is C24H20F7N5O3. The lowest BCUT2D eigenvalue weighted by atomic mass is 9.84. The number of nitrogens with one attached hydrogen (secondary N) is 2. The first-order valence-corrected chi connectivity index (χ1v) is 10.9. The minimum absolute atomic E-state index is 0.0772. The van der Waals surface area contributed by atoms with E-state index in [-0.39, 0.29) is 17.1 Å². The average molecular weight is 559 g/mol. The summed E-state index contributed by atoms with van der Waals surface area (Å²) < 4.78 is 107. The van der Waals surface area contributed by atoms with Crippen LogP contribution in [0.4, 0.5) is 30.7 Å². The second-order valence-corrected chi connectivity index (χ2v) is 7.89. The van der Waals surface area contributed by atoms with E-state index in [2.05, 4.69) is 25.4 Å². The zero-order valence-corrected chi connectivity index (χ0v) is 19.7. The van der Waals surface area contributed by atoms with E-state index in [1.807, 2.05) is 0 Å². The summed E-state index contributed by atoms with van der Waals surface area (Å²) in [6.07, 6.45) is -0.182. The minimum Gasteiger partial charge on any atom is -0.489 e. The molecule has 208 valence electrons. The molecule has 0 bridgehead atoms. The average Bonchev–Trinajstić information content (AvgIpc) is 2.90. The van der Waals surface area contributed by atoms with Gasteiger partial charge in [-0.1, -0.05) is 17.4 Å². The zero-order chi connectivity index (χ0) is 28.6. The van der Waals surface area contributed by atoms with Crippen LogP contribution < -0.4 is 14.8 Å². The lowest BCUT2D eigenvalue weighted by Crippen LogP contribution is -2.51. The Morgan fingerprint density at radius 1 is 1.03 bits per heavy atom. The first-order chi connectivity index (χ1) is 18.5. The smallest absolute Gasteiger partial charge is 0.387 e. The second kappa shape index (κ2) is 12.5. The van der Waals surface area contributed by atoms with E-state index in [1.54, 1.807) is 0 Å². The molecule has 8 nitrogen and oxygen atoms in total. The molecule has 3 aromatic rings. The van der Waals surface area contributed by atoms with E-state index in [9.17, 15) is 27.1 Å². The highest BCUT2D eigenvalue weighted by atomic mass is 19.3. The van der Waals surface area contributed by atoms with Gasteiger partial charge < -0.3 is 19.9 Å². The summed E-state index contributed by atoms with van der Waals surface area (Å²) >= 11 is 0. The van der Waals surface area contributed by atoms with E-state index in [4.69, 9.17) is 10.3 Å². The van der Waals surface area contributed by atoms with Crippen molar-refractivity contribution in [3.05, 3.63) is 89.2 Å². The Hall–Kier alpha value is -4.27. The molecule has 0 spiro atoms. The van der Waals surface area contributed by atoms with Gasteiger partial charge in [0.2, 0.25) is 0 Å². The summed E-state index contributed by atoms with van der Waals surface area (Å²) in [6.45, 7) is -4.67. The fourth-order valence-electron chi connectivity index (χ4n) is 3.45. The maximum Gasteiger partial charge on any atom is 0.387 e. The predicted molar refractivity (Wildman–Crippen MR) is 122 cm³/mol. The Morgan fingerprint density at radius 3 is 2.31 bits per heavy atom. The highest BCUT2D eigenvalue weighted by Crippen LogP contribution is 2.45. The summed E-state index contributed by atoms with van der Waals surface area (Å²) in [6, 6.07) is 8.12. The predicted octanol–water partition coefficient (Wildman–Crippen LogP) is 5.59. The molecule has 0 fully saturated rings. The first kappa shape index (κ1) is 29.3. The largest absolute Gasteiger partial charge is 0.489 e. The third-order valence-corrected chi connectivity index (χ3v) is 5.38. The summed E-state index contributed by atoms with van der Waals surface area (Å²) in [7, 11) is 0. The van der Waals surface area contributed by atoms with E-state index < -0.39 is 60.4 Å². The quantitative estimate of drug-likeness (QED) is 0.0831. The summed E-state index contributed by atoms with van der Waals surface area (Å²) in [5.74, 6) is -7.10. The van der Waals surface area contributed by atoms with Gasteiger partial charge in [0.15, 0.2) is 11.8 Å². The number of halogens is 7. The van der Waals surface area contributed by atoms with Gasteiger partial charge in [-0.2, -0.15) is 23.1 Å². The number of ether oxygens (including phenoxy) is 2. The first-order valence-electron chi connectivity index (χ1n) is 10.9. The SMILES string of the molecule is N=N/N=C\NCC(O)(c1ccc(F)cc1F)C(F)(F)c1ccc(OCC(F)c2ccc(OC(F)F)cc2)cn1. The van der Waals surface area contributed by atoms with Gasteiger partial charge in [-0.3, -0.25) is 4.98 Å². The van der Waals surface area contributed by atoms with Crippen LogP contribution in [0.3, 0.4) is 0 Å². The normalized spacial score (nSPS) is 14.2. The maximum absolute atomic E-state index is 15.6. The Balaban J connectivity index is 1.77. The van der Waals surface area contributed by atoms with Gasteiger partial charge >= 0.3 is 12.5 Å². The lowest BCUT2D eigenvalue weighted by molar-refractivity contribution is -0.195. The highest BCUT2D eigenvalue weighted by Gasteiger charge is 2.57. The number of benzene rings is 2. The fraction of sp³-hybridized carbons (Fsp3) is 0.250. The third kappa shape index (κ3) is 6.98. The van der Waals surface area contributed by atoms with E-state index in [0.717, 1.165) is 30.5 Å². The topological polar surface area (TPSA) is 112 Å². The number of alkyl halides is 5. The van der Waals surface area contributed by atoms with Crippen molar-refractivity contribution in [1.82, 2.24) is 10.3 Å². The molecule has 0 radical (unpaired) electrons. The third-order valence-electron chi connectivity index (χ3n) is 5.38. The molecular weight excluding hydrogens is 539 g/mol.